The highest BCUT2D eigenvalue weighted by atomic mass is 16.5. The number of hydrogen-bond acceptors (Lipinski definition) is 1. The van der Waals surface area contributed by atoms with Crippen molar-refractivity contribution in [2.45, 2.75) is 39.5 Å². The molecule has 0 saturated heterocycles. The van der Waals surface area contributed by atoms with E-state index in [1.54, 1.807) is 5.56 Å². The van der Waals surface area contributed by atoms with Gasteiger partial charge < -0.3 is 4.74 Å². The minimum atomic E-state index is 0.773. The monoisotopic (exact) mass is 190 g/mol. The van der Waals surface area contributed by atoms with E-state index in [0.29, 0.717) is 0 Å². The Labute approximate surface area is 86.1 Å². The molecule has 1 nitrogen and oxygen atoms in total. The van der Waals surface area contributed by atoms with Gasteiger partial charge in [0.15, 0.2) is 0 Å². The molecular weight excluding hydrogens is 172 g/mol. The number of rotatable bonds is 2. The first-order valence-electron chi connectivity index (χ1n) is 5.57. The second-order valence-corrected chi connectivity index (χ2v) is 3.98. The van der Waals surface area contributed by atoms with Gasteiger partial charge in [-0.05, 0) is 62.3 Å². The molecule has 1 heteroatoms. The summed E-state index contributed by atoms with van der Waals surface area (Å²) in [6.45, 7) is 5.03. The van der Waals surface area contributed by atoms with Gasteiger partial charge in [-0.2, -0.15) is 0 Å². The fourth-order valence-electron chi connectivity index (χ4n) is 2.31. The molecule has 0 amide bonds. The molecule has 0 N–H and O–H groups in total. The molecule has 2 rings (SSSR count). The number of benzene rings is 1. The van der Waals surface area contributed by atoms with E-state index < -0.39 is 0 Å². The zero-order chi connectivity index (χ0) is 9.97. The van der Waals surface area contributed by atoms with Crippen LogP contribution >= 0.6 is 0 Å². The minimum Gasteiger partial charge on any atom is -0.494 e. The lowest BCUT2D eigenvalue weighted by Gasteiger charge is -2.21. The Morgan fingerprint density at radius 1 is 1.14 bits per heavy atom. The Morgan fingerprint density at radius 3 is 2.57 bits per heavy atom. The molecule has 0 atom stereocenters. The summed E-state index contributed by atoms with van der Waals surface area (Å²) in [5, 5.41) is 0. The molecule has 0 aliphatic heterocycles. The van der Waals surface area contributed by atoms with Gasteiger partial charge in [0.2, 0.25) is 0 Å². The molecule has 0 saturated carbocycles. The predicted molar refractivity (Wildman–Crippen MR) is 59.0 cm³/mol. The van der Waals surface area contributed by atoms with E-state index in [-0.39, 0.29) is 0 Å². The van der Waals surface area contributed by atoms with Gasteiger partial charge in [0.1, 0.15) is 5.75 Å². The summed E-state index contributed by atoms with van der Waals surface area (Å²) in [6, 6.07) is 4.32. The van der Waals surface area contributed by atoms with Crippen molar-refractivity contribution in [1.29, 1.82) is 0 Å². The lowest BCUT2D eigenvalue weighted by molar-refractivity contribution is 0.334. The maximum atomic E-state index is 5.66. The average Bonchev–Trinajstić information content (AvgIpc) is 2.23. The van der Waals surface area contributed by atoms with Crippen LogP contribution in [0, 0.1) is 6.92 Å². The van der Waals surface area contributed by atoms with Crippen LogP contribution in [0.3, 0.4) is 0 Å². The fraction of sp³-hybridized carbons (Fsp3) is 0.538. The SMILES string of the molecule is CCOc1ccc(C)c2c1CCCC2. The molecule has 76 valence electrons. The predicted octanol–water partition coefficient (Wildman–Crippen LogP) is 3.27. The number of ether oxygens (including phenoxy) is 1. The Morgan fingerprint density at radius 2 is 1.86 bits per heavy atom. The molecule has 0 fully saturated rings. The highest BCUT2D eigenvalue weighted by molar-refractivity contribution is 5.46. The Bertz CT molecular complexity index is 328. The molecule has 14 heavy (non-hydrogen) atoms. The van der Waals surface area contributed by atoms with Crippen molar-refractivity contribution in [2.24, 2.45) is 0 Å². The minimum absolute atomic E-state index is 0.773. The molecule has 0 spiro atoms. The highest BCUT2D eigenvalue weighted by Crippen LogP contribution is 2.31. The Kier molecular flexibility index (Phi) is 2.76. The maximum absolute atomic E-state index is 5.66. The summed E-state index contributed by atoms with van der Waals surface area (Å²) < 4.78 is 5.66. The van der Waals surface area contributed by atoms with Crippen LogP contribution in [0.15, 0.2) is 12.1 Å². The first-order chi connectivity index (χ1) is 6.83. The molecule has 1 aromatic carbocycles. The molecule has 0 bridgehead atoms. The van der Waals surface area contributed by atoms with Crippen LogP contribution in [0.25, 0.3) is 0 Å². The van der Waals surface area contributed by atoms with Crippen LogP contribution in [-0.4, -0.2) is 6.61 Å². The van der Waals surface area contributed by atoms with Crippen LogP contribution in [0.1, 0.15) is 36.5 Å². The van der Waals surface area contributed by atoms with Crippen molar-refractivity contribution >= 4 is 0 Å². The van der Waals surface area contributed by atoms with Crippen molar-refractivity contribution in [3.8, 4) is 5.75 Å². The van der Waals surface area contributed by atoms with Crippen LogP contribution in [0.4, 0.5) is 0 Å². The van der Waals surface area contributed by atoms with Gasteiger partial charge in [0, 0.05) is 0 Å². The zero-order valence-corrected chi connectivity index (χ0v) is 9.10. The molecule has 1 aliphatic carbocycles. The smallest absolute Gasteiger partial charge is 0.122 e. The Balaban J connectivity index is 2.42. The molecule has 0 heterocycles. The quantitative estimate of drug-likeness (QED) is 0.695. The van der Waals surface area contributed by atoms with Crippen molar-refractivity contribution in [2.75, 3.05) is 6.61 Å². The largest absolute Gasteiger partial charge is 0.494 e. The van der Waals surface area contributed by atoms with E-state index >= 15 is 0 Å². The second kappa shape index (κ2) is 4.04. The topological polar surface area (TPSA) is 9.23 Å². The van der Waals surface area contributed by atoms with Gasteiger partial charge in [-0.25, -0.2) is 0 Å². The highest BCUT2D eigenvalue weighted by Gasteiger charge is 2.15. The maximum Gasteiger partial charge on any atom is 0.122 e. The number of fused-ring (bicyclic) bond motifs is 1. The first kappa shape index (κ1) is 9.57. The van der Waals surface area contributed by atoms with Gasteiger partial charge in [-0.3, -0.25) is 0 Å². The van der Waals surface area contributed by atoms with Gasteiger partial charge in [-0.1, -0.05) is 6.07 Å². The lowest BCUT2D eigenvalue weighted by Crippen LogP contribution is -2.07. The molecule has 1 aromatic rings. The molecular formula is C13H18O. The summed E-state index contributed by atoms with van der Waals surface area (Å²) in [6.07, 6.45) is 5.09. The normalized spacial score (nSPS) is 15.0. The summed E-state index contributed by atoms with van der Waals surface area (Å²) in [5.41, 5.74) is 4.45. The third-order valence-corrected chi connectivity index (χ3v) is 3.03. The second-order valence-electron chi connectivity index (χ2n) is 3.98. The van der Waals surface area contributed by atoms with Gasteiger partial charge in [0.05, 0.1) is 6.61 Å². The molecule has 0 aromatic heterocycles. The van der Waals surface area contributed by atoms with Crippen molar-refractivity contribution < 1.29 is 4.74 Å². The summed E-state index contributed by atoms with van der Waals surface area (Å²) in [4.78, 5) is 0. The van der Waals surface area contributed by atoms with Crippen LogP contribution in [0.2, 0.25) is 0 Å². The van der Waals surface area contributed by atoms with E-state index in [1.807, 2.05) is 0 Å². The lowest BCUT2D eigenvalue weighted by atomic mass is 9.88. The van der Waals surface area contributed by atoms with E-state index in [0.717, 1.165) is 12.4 Å². The van der Waals surface area contributed by atoms with Crippen molar-refractivity contribution in [3.05, 3.63) is 28.8 Å². The van der Waals surface area contributed by atoms with Crippen molar-refractivity contribution in [1.82, 2.24) is 0 Å². The standard InChI is InChI=1S/C13H18O/c1-3-14-13-9-8-10(2)11-6-4-5-7-12(11)13/h8-9H,3-7H2,1-2H3. The van der Waals surface area contributed by atoms with Gasteiger partial charge in [-0.15, -0.1) is 0 Å². The Hall–Kier alpha value is -0.980. The third kappa shape index (κ3) is 1.63. The molecule has 0 radical (unpaired) electrons. The van der Waals surface area contributed by atoms with E-state index in [1.165, 1.54) is 36.8 Å². The average molecular weight is 190 g/mol. The van der Waals surface area contributed by atoms with E-state index in [4.69, 9.17) is 4.74 Å². The van der Waals surface area contributed by atoms with E-state index in [9.17, 15) is 0 Å². The zero-order valence-electron chi connectivity index (χ0n) is 9.10. The number of aryl methyl sites for hydroxylation is 1. The third-order valence-electron chi connectivity index (χ3n) is 3.03. The van der Waals surface area contributed by atoms with Crippen molar-refractivity contribution in [3.63, 3.8) is 0 Å². The van der Waals surface area contributed by atoms with Gasteiger partial charge >= 0.3 is 0 Å². The van der Waals surface area contributed by atoms with Crippen LogP contribution in [0.5, 0.6) is 5.75 Å². The summed E-state index contributed by atoms with van der Waals surface area (Å²) in [7, 11) is 0. The van der Waals surface area contributed by atoms with Gasteiger partial charge in [0.25, 0.3) is 0 Å². The van der Waals surface area contributed by atoms with Crippen LogP contribution in [-0.2, 0) is 12.8 Å². The van der Waals surface area contributed by atoms with Crippen LogP contribution < -0.4 is 4.74 Å². The molecule has 0 unspecified atom stereocenters. The molecule has 1 aliphatic rings. The van der Waals surface area contributed by atoms with E-state index in [2.05, 4.69) is 26.0 Å². The fourth-order valence-corrected chi connectivity index (χ4v) is 2.31. The summed E-state index contributed by atoms with van der Waals surface area (Å²) >= 11 is 0. The number of hydrogen-bond donors (Lipinski definition) is 0. The first-order valence-corrected chi connectivity index (χ1v) is 5.57. The summed E-state index contributed by atoms with van der Waals surface area (Å²) in [5.74, 6) is 1.12.